The van der Waals surface area contributed by atoms with Gasteiger partial charge in [0, 0.05) is 23.0 Å². The Morgan fingerprint density at radius 2 is 1.68 bits per heavy atom. The topological polar surface area (TPSA) is 20.3 Å². The molecule has 1 saturated heterocycles. The zero-order valence-corrected chi connectivity index (χ0v) is 13.5. The van der Waals surface area contributed by atoms with E-state index in [0.29, 0.717) is 5.92 Å². The summed E-state index contributed by atoms with van der Waals surface area (Å²) in [5, 5.41) is 0. The van der Waals surface area contributed by atoms with Gasteiger partial charge in [-0.05, 0) is 36.5 Å². The van der Waals surface area contributed by atoms with Crippen LogP contribution in [0, 0.1) is 5.41 Å². The maximum absolute atomic E-state index is 12.2. The molecule has 2 rings (SSSR count). The van der Waals surface area contributed by atoms with E-state index in [4.69, 9.17) is 0 Å². The summed E-state index contributed by atoms with van der Waals surface area (Å²) in [6, 6.07) is 8.58. The van der Waals surface area contributed by atoms with Crippen LogP contribution < -0.4 is 0 Å². The Morgan fingerprint density at radius 3 is 2.16 bits per heavy atom. The van der Waals surface area contributed by atoms with Crippen LogP contribution in [0.1, 0.15) is 45.1 Å². The molecule has 0 radical (unpaired) electrons. The third kappa shape index (κ3) is 3.59. The summed E-state index contributed by atoms with van der Waals surface area (Å²) in [5.41, 5.74) is 1.14. The van der Waals surface area contributed by atoms with E-state index in [1.807, 2.05) is 25.7 Å². The Balaban J connectivity index is 1.96. The van der Waals surface area contributed by atoms with Gasteiger partial charge in [0.05, 0.1) is 0 Å². The van der Waals surface area contributed by atoms with Crippen LogP contribution in [0.4, 0.5) is 0 Å². The lowest BCUT2D eigenvalue weighted by Crippen LogP contribution is -2.43. The summed E-state index contributed by atoms with van der Waals surface area (Å²) in [5.74, 6) is 0.874. The minimum Gasteiger partial charge on any atom is -0.342 e. The molecule has 1 aromatic carbocycles. The minimum absolute atomic E-state index is 0.259. The van der Waals surface area contributed by atoms with Crippen molar-refractivity contribution in [3.05, 3.63) is 34.3 Å². The van der Waals surface area contributed by atoms with E-state index in [2.05, 4.69) is 40.2 Å². The predicted octanol–water partition coefficient (Wildman–Crippen LogP) is 4.20. The summed E-state index contributed by atoms with van der Waals surface area (Å²) in [7, 11) is 0. The van der Waals surface area contributed by atoms with Crippen LogP contribution in [0.5, 0.6) is 0 Å². The Morgan fingerprint density at radius 1 is 1.16 bits per heavy atom. The molecule has 0 unspecified atom stereocenters. The van der Waals surface area contributed by atoms with Crippen LogP contribution in [0.3, 0.4) is 0 Å². The van der Waals surface area contributed by atoms with E-state index in [0.717, 1.165) is 30.4 Å². The number of rotatable bonds is 1. The molecule has 0 aromatic heterocycles. The first-order valence-corrected chi connectivity index (χ1v) is 7.72. The highest BCUT2D eigenvalue weighted by Crippen LogP contribution is 2.30. The number of halogens is 1. The number of nitrogens with zero attached hydrogens (tertiary/aromatic N) is 1. The molecule has 104 valence electrons. The molecule has 19 heavy (non-hydrogen) atoms. The molecule has 1 amide bonds. The molecule has 1 heterocycles. The van der Waals surface area contributed by atoms with Gasteiger partial charge in [-0.1, -0.05) is 48.8 Å². The maximum Gasteiger partial charge on any atom is 0.227 e. The third-order valence-corrected chi connectivity index (χ3v) is 4.29. The SMILES string of the molecule is CC(C)(C)C(=O)N1CCC(c2ccc(Br)cc2)CC1. The van der Waals surface area contributed by atoms with Crippen molar-refractivity contribution in [3.8, 4) is 0 Å². The number of carbonyl (C=O) groups is 1. The van der Waals surface area contributed by atoms with Gasteiger partial charge in [0.1, 0.15) is 0 Å². The van der Waals surface area contributed by atoms with Gasteiger partial charge in [0.2, 0.25) is 5.91 Å². The first-order chi connectivity index (χ1) is 8.88. The molecule has 0 aliphatic carbocycles. The van der Waals surface area contributed by atoms with Gasteiger partial charge in [-0.2, -0.15) is 0 Å². The van der Waals surface area contributed by atoms with Crippen LogP contribution >= 0.6 is 15.9 Å². The lowest BCUT2D eigenvalue weighted by molar-refractivity contribution is -0.140. The van der Waals surface area contributed by atoms with Crippen molar-refractivity contribution in [3.63, 3.8) is 0 Å². The number of benzene rings is 1. The quantitative estimate of drug-likeness (QED) is 0.758. The summed E-state index contributed by atoms with van der Waals surface area (Å²) < 4.78 is 1.12. The number of piperidine rings is 1. The molecule has 0 bridgehead atoms. The van der Waals surface area contributed by atoms with E-state index in [1.54, 1.807) is 0 Å². The maximum atomic E-state index is 12.2. The molecule has 0 atom stereocenters. The van der Waals surface area contributed by atoms with Crippen molar-refractivity contribution in [1.82, 2.24) is 4.90 Å². The second-order valence-electron chi connectivity index (χ2n) is 6.37. The van der Waals surface area contributed by atoms with E-state index in [-0.39, 0.29) is 11.3 Å². The zero-order chi connectivity index (χ0) is 14.0. The van der Waals surface area contributed by atoms with Crippen LogP contribution in [0.2, 0.25) is 0 Å². The molecular formula is C16H22BrNO. The van der Waals surface area contributed by atoms with E-state index in [9.17, 15) is 4.79 Å². The molecule has 0 N–H and O–H groups in total. The third-order valence-electron chi connectivity index (χ3n) is 3.77. The smallest absolute Gasteiger partial charge is 0.227 e. The molecule has 0 spiro atoms. The highest BCUT2D eigenvalue weighted by molar-refractivity contribution is 9.10. The Bertz CT molecular complexity index is 439. The van der Waals surface area contributed by atoms with Crippen molar-refractivity contribution >= 4 is 21.8 Å². The molecular weight excluding hydrogens is 302 g/mol. The lowest BCUT2D eigenvalue weighted by Gasteiger charge is -2.36. The fraction of sp³-hybridized carbons (Fsp3) is 0.562. The molecule has 0 saturated carbocycles. The number of carbonyl (C=O) groups excluding carboxylic acids is 1. The van der Waals surface area contributed by atoms with Gasteiger partial charge in [-0.25, -0.2) is 0 Å². The van der Waals surface area contributed by atoms with Gasteiger partial charge in [0.25, 0.3) is 0 Å². The van der Waals surface area contributed by atoms with Crippen LogP contribution in [0.15, 0.2) is 28.7 Å². The average molecular weight is 324 g/mol. The minimum atomic E-state index is -0.259. The van der Waals surface area contributed by atoms with Crippen molar-refractivity contribution in [2.45, 2.75) is 39.5 Å². The molecule has 2 nitrogen and oxygen atoms in total. The summed E-state index contributed by atoms with van der Waals surface area (Å²) in [4.78, 5) is 14.3. The molecule has 1 aromatic rings. The van der Waals surface area contributed by atoms with Crippen LogP contribution in [-0.4, -0.2) is 23.9 Å². The highest BCUT2D eigenvalue weighted by Gasteiger charge is 2.30. The first-order valence-electron chi connectivity index (χ1n) is 6.93. The average Bonchev–Trinajstić information content (AvgIpc) is 2.38. The first kappa shape index (κ1) is 14.6. The second-order valence-corrected chi connectivity index (χ2v) is 7.28. The van der Waals surface area contributed by atoms with Crippen molar-refractivity contribution in [1.29, 1.82) is 0 Å². The van der Waals surface area contributed by atoms with Crippen LogP contribution in [-0.2, 0) is 4.79 Å². The summed E-state index contributed by atoms with van der Waals surface area (Å²) in [6.07, 6.45) is 2.15. The standard InChI is InChI=1S/C16H22BrNO/c1-16(2,3)15(19)18-10-8-13(9-11-18)12-4-6-14(17)7-5-12/h4-7,13H,8-11H2,1-3H3. The zero-order valence-electron chi connectivity index (χ0n) is 11.9. The normalized spacial score (nSPS) is 17.6. The van der Waals surface area contributed by atoms with Crippen molar-refractivity contribution in [2.24, 2.45) is 5.41 Å². The van der Waals surface area contributed by atoms with Gasteiger partial charge in [-0.15, -0.1) is 0 Å². The largest absolute Gasteiger partial charge is 0.342 e. The monoisotopic (exact) mass is 323 g/mol. The number of hydrogen-bond donors (Lipinski definition) is 0. The Labute approximate surface area is 124 Å². The van der Waals surface area contributed by atoms with Gasteiger partial charge >= 0.3 is 0 Å². The number of likely N-dealkylation sites (tertiary alicyclic amines) is 1. The molecule has 1 aliphatic heterocycles. The lowest BCUT2D eigenvalue weighted by atomic mass is 9.87. The molecule has 1 aliphatic rings. The highest BCUT2D eigenvalue weighted by atomic mass is 79.9. The number of amides is 1. The van der Waals surface area contributed by atoms with E-state index < -0.39 is 0 Å². The van der Waals surface area contributed by atoms with Gasteiger partial charge < -0.3 is 4.90 Å². The molecule has 1 fully saturated rings. The van der Waals surface area contributed by atoms with E-state index >= 15 is 0 Å². The fourth-order valence-electron chi connectivity index (χ4n) is 2.63. The predicted molar refractivity (Wildman–Crippen MR) is 82.2 cm³/mol. The van der Waals surface area contributed by atoms with Gasteiger partial charge in [0.15, 0.2) is 0 Å². The van der Waals surface area contributed by atoms with Crippen LogP contribution in [0.25, 0.3) is 0 Å². The summed E-state index contributed by atoms with van der Waals surface area (Å²) >= 11 is 3.47. The second kappa shape index (κ2) is 5.66. The Kier molecular flexibility index (Phi) is 4.34. The number of hydrogen-bond acceptors (Lipinski definition) is 1. The van der Waals surface area contributed by atoms with Crippen molar-refractivity contribution < 1.29 is 4.79 Å². The Hall–Kier alpha value is -0.830. The van der Waals surface area contributed by atoms with Crippen molar-refractivity contribution in [2.75, 3.05) is 13.1 Å². The fourth-order valence-corrected chi connectivity index (χ4v) is 2.89. The molecule has 3 heteroatoms. The van der Waals surface area contributed by atoms with E-state index in [1.165, 1.54) is 5.56 Å². The van der Waals surface area contributed by atoms with Gasteiger partial charge in [-0.3, -0.25) is 4.79 Å². The summed E-state index contributed by atoms with van der Waals surface area (Å²) in [6.45, 7) is 7.76.